The van der Waals surface area contributed by atoms with Crippen molar-refractivity contribution >= 4 is 5.91 Å². The molecule has 8 heteroatoms. The van der Waals surface area contributed by atoms with Crippen molar-refractivity contribution in [2.45, 2.75) is 12.6 Å². The Bertz CT molecular complexity index is 939. The van der Waals surface area contributed by atoms with Gasteiger partial charge >= 0.3 is 0 Å². The lowest BCUT2D eigenvalue weighted by molar-refractivity contribution is -0.0497. The molecule has 4 rings (SSSR count). The van der Waals surface area contributed by atoms with Crippen LogP contribution in [0.4, 0.5) is 0 Å². The molecule has 0 spiro atoms. The van der Waals surface area contributed by atoms with Gasteiger partial charge in [-0.15, -0.1) is 0 Å². The van der Waals surface area contributed by atoms with Gasteiger partial charge in [0.15, 0.2) is 0 Å². The van der Waals surface area contributed by atoms with Crippen molar-refractivity contribution in [3.8, 4) is 17.2 Å². The van der Waals surface area contributed by atoms with E-state index in [1.54, 1.807) is 33.5 Å². The predicted octanol–water partition coefficient (Wildman–Crippen LogP) is 2.37. The molecule has 2 heterocycles. The highest BCUT2D eigenvalue weighted by Crippen LogP contribution is 2.30. The number of ether oxygens (including phenoxy) is 4. The molecule has 0 N–H and O–H groups in total. The number of nitrogens with zero attached hydrogens (tertiary/aromatic N) is 3. The Balaban J connectivity index is 1.29. The summed E-state index contributed by atoms with van der Waals surface area (Å²) in [6.45, 7) is 7.29. The van der Waals surface area contributed by atoms with Crippen LogP contribution >= 0.6 is 0 Å². The number of carbonyl (C=O) groups excluding carboxylic acids is 1. The highest BCUT2D eigenvalue weighted by molar-refractivity contribution is 5.99. The molecule has 1 atom stereocenters. The van der Waals surface area contributed by atoms with Crippen LogP contribution in [0.1, 0.15) is 15.9 Å². The van der Waals surface area contributed by atoms with Crippen molar-refractivity contribution in [2.24, 2.45) is 0 Å². The molecule has 2 aliphatic heterocycles. The summed E-state index contributed by atoms with van der Waals surface area (Å²) < 4.78 is 22.3. The summed E-state index contributed by atoms with van der Waals surface area (Å²) in [4.78, 5) is 19.9. The van der Waals surface area contributed by atoms with Crippen LogP contribution in [0, 0.1) is 0 Å². The second-order valence-electron chi connectivity index (χ2n) is 8.71. The third kappa shape index (κ3) is 5.81. The highest BCUT2D eigenvalue weighted by Gasteiger charge is 2.29. The maximum atomic E-state index is 13.2. The highest BCUT2D eigenvalue weighted by atomic mass is 16.5. The van der Waals surface area contributed by atoms with Crippen LogP contribution in [0.15, 0.2) is 42.5 Å². The molecule has 0 bridgehead atoms. The number of hydrogen-bond acceptors (Lipinski definition) is 7. The second-order valence-corrected chi connectivity index (χ2v) is 8.71. The van der Waals surface area contributed by atoms with E-state index in [0.717, 1.165) is 51.6 Å². The van der Waals surface area contributed by atoms with Crippen molar-refractivity contribution in [3.63, 3.8) is 0 Å². The summed E-state index contributed by atoms with van der Waals surface area (Å²) >= 11 is 0. The number of carbonyl (C=O) groups is 1. The fraction of sp³-hybridized carbons (Fsp3) is 0.500. The minimum Gasteiger partial charge on any atom is -0.497 e. The molecule has 1 unspecified atom stereocenters. The second kappa shape index (κ2) is 11.6. The van der Waals surface area contributed by atoms with Crippen molar-refractivity contribution in [1.29, 1.82) is 0 Å². The maximum Gasteiger partial charge on any atom is 0.261 e. The number of benzene rings is 2. The number of piperazine rings is 1. The molecule has 2 aromatic carbocycles. The average molecular weight is 470 g/mol. The molecule has 184 valence electrons. The Morgan fingerprint density at radius 1 is 0.912 bits per heavy atom. The summed E-state index contributed by atoms with van der Waals surface area (Å²) in [6, 6.07) is 13.7. The summed E-state index contributed by atoms with van der Waals surface area (Å²) in [6.07, 6.45) is 0.163. The van der Waals surface area contributed by atoms with E-state index in [0.29, 0.717) is 30.2 Å². The Kier molecular flexibility index (Phi) is 8.26. The molecule has 2 aromatic rings. The summed E-state index contributed by atoms with van der Waals surface area (Å²) in [7, 11) is 4.85. The van der Waals surface area contributed by atoms with Gasteiger partial charge in [-0.3, -0.25) is 14.6 Å². The average Bonchev–Trinajstić information content (AvgIpc) is 2.88. The molecule has 34 heavy (non-hydrogen) atoms. The van der Waals surface area contributed by atoms with E-state index in [1.807, 2.05) is 23.1 Å². The molecule has 2 saturated heterocycles. The van der Waals surface area contributed by atoms with Gasteiger partial charge in [0, 0.05) is 52.4 Å². The Hall–Kier alpha value is -2.81. The van der Waals surface area contributed by atoms with E-state index in [1.165, 1.54) is 5.56 Å². The molecule has 2 aliphatic rings. The summed E-state index contributed by atoms with van der Waals surface area (Å²) in [5, 5.41) is 0. The fourth-order valence-electron chi connectivity index (χ4n) is 4.71. The quantitative estimate of drug-likeness (QED) is 0.588. The minimum atomic E-state index is -0.0488. The monoisotopic (exact) mass is 469 g/mol. The third-order valence-electron chi connectivity index (χ3n) is 6.53. The number of methoxy groups -OCH3 is 3. The van der Waals surface area contributed by atoms with Gasteiger partial charge in [-0.1, -0.05) is 18.2 Å². The van der Waals surface area contributed by atoms with Gasteiger partial charge in [-0.2, -0.15) is 0 Å². The minimum absolute atomic E-state index is 0.0488. The van der Waals surface area contributed by atoms with Gasteiger partial charge in [-0.05, 0) is 29.8 Å². The topological polar surface area (TPSA) is 63.7 Å². The summed E-state index contributed by atoms with van der Waals surface area (Å²) in [5.74, 6) is 1.92. The molecule has 0 aromatic heterocycles. The first kappa shape index (κ1) is 24.3. The smallest absolute Gasteiger partial charge is 0.261 e. The lowest BCUT2D eigenvalue weighted by atomic mass is 10.1. The maximum absolute atomic E-state index is 13.2. The van der Waals surface area contributed by atoms with Gasteiger partial charge in [0.25, 0.3) is 5.91 Å². The Labute approximate surface area is 201 Å². The number of morpholine rings is 1. The first-order valence-electron chi connectivity index (χ1n) is 11.8. The van der Waals surface area contributed by atoms with Gasteiger partial charge in [0.05, 0.1) is 34.0 Å². The van der Waals surface area contributed by atoms with Gasteiger partial charge in [0.1, 0.15) is 22.8 Å². The van der Waals surface area contributed by atoms with Crippen molar-refractivity contribution in [1.82, 2.24) is 14.7 Å². The van der Waals surface area contributed by atoms with Crippen LogP contribution in [0.2, 0.25) is 0 Å². The lowest BCUT2D eigenvalue weighted by Gasteiger charge is -2.39. The Morgan fingerprint density at radius 3 is 2.29 bits per heavy atom. The van der Waals surface area contributed by atoms with E-state index in [-0.39, 0.29) is 12.0 Å². The van der Waals surface area contributed by atoms with Crippen LogP contribution in [0.25, 0.3) is 0 Å². The molecule has 0 saturated carbocycles. The largest absolute Gasteiger partial charge is 0.497 e. The molecule has 0 aliphatic carbocycles. The van der Waals surface area contributed by atoms with Crippen molar-refractivity contribution in [3.05, 3.63) is 53.6 Å². The summed E-state index contributed by atoms with van der Waals surface area (Å²) in [5.41, 5.74) is 1.74. The fourth-order valence-corrected chi connectivity index (χ4v) is 4.71. The molecule has 1 amide bonds. The third-order valence-corrected chi connectivity index (χ3v) is 6.53. The number of rotatable bonds is 8. The van der Waals surface area contributed by atoms with Gasteiger partial charge < -0.3 is 23.8 Å². The zero-order valence-corrected chi connectivity index (χ0v) is 20.4. The van der Waals surface area contributed by atoms with Gasteiger partial charge in [0.2, 0.25) is 0 Å². The van der Waals surface area contributed by atoms with Crippen LogP contribution in [-0.2, 0) is 11.3 Å². The lowest BCUT2D eigenvalue weighted by Crippen LogP contribution is -2.53. The zero-order valence-electron chi connectivity index (χ0n) is 20.4. The van der Waals surface area contributed by atoms with Crippen LogP contribution < -0.4 is 14.2 Å². The molecule has 2 fully saturated rings. The normalized spacial score (nSPS) is 19.6. The number of hydrogen-bond donors (Lipinski definition) is 0. The molecule has 0 radical (unpaired) electrons. The van der Waals surface area contributed by atoms with E-state index < -0.39 is 0 Å². The van der Waals surface area contributed by atoms with Crippen LogP contribution in [0.3, 0.4) is 0 Å². The number of amides is 1. The van der Waals surface area contributed by atoms with E-state index >= 15 is 0 Å². The standard InChI is InChI=1S/C26H35N3O5/c1-31-21-7-4-6-20(16-21)17-28-14-15-34-22(19-28)18-27-10-12-29(13-11-27)26(30)25-23(32-2)8-5-9-24(25)33-3/h4-9,16,22H,10-15,17-19H2,1-3H3. The van der Waals surface area contributed by atoms with E-state index in [9.17, 15) is 4.79 Å². The van der Waals surface area contributed by atoms with E-state index in [2.05, 4.69) is 21.9 Å². The van der Waals surface area contributed by atoms with Crippen LogP contribution in [0.5, 0.6) is 17.2 Å². The predicted molar refractivity (Wildman–Crippen MR) is 130 cm³/mol. The molecular formula is C26H35N3O5. The first-order chi connectivity index (χ1) is 16.6. The van der Waals surface area contributed by atoms with Gasteiger partial charge in [-0.25, -0.2) is 0 Å². The van der Waals surface area contributed by atoms with Crippen LogP contribution in [-0.4, -0.2) is 100 Å². The van der Waals surface area contributed by atoms with Crippen molar-refractivity contribution in [2.75, 3.05) is 73.7 Å². The molecular weight excluding hydrogens is 434 g/mol. The first-order valence-corrected chi connectivity index (χ1v) is 11.8. The van der Waals surface area contributed by atoms with Crippen molar-refractivity contribution < 1.29 is 23.7 Å². The van der Waals surface area contributed by atoms with E-state index in [4.69, 9.17) is 18.9 Å². The Morgan fingerprint density at radius 2 is 1.62 bits per heavy atom. The molecule has 8 nitrogen and oxygen atoms in total. The SMILES string of the molecule is COc1cccc(CN2CCOC(CN3CCN(C(=O)c4c(OC)cccc4OC)CC3)C2)c1. The zero-order chi connectivity index (χ0) is 23.9.